The van der Waals surface area contributed by atoms with Crippen LogP contribution in [0, 0.1) is 0 Å². The Hall–Kier alpha value is -2.13. The summed E-state index contributed by atoms with van der Waals surface area (Å²) in [5.74, 6) is -1.17. The molecule has 0 rings (SSSR count). The maximum atomic E-state index is 13.2. The summed E-state index contributed by atoms with van der Waals surface area (Å²) in [4.78, 5) is 20.0. The molecule has 0 heterocycles. The molecule has 0 spiro atoms. The monoisotopic (exact) mass is 382 g/mol. The number of halogens is 4. The Kier molecular flexibility index (Phi) is 9.29. The zero-order valence-corrected chi connectivity index (χ0v) is 15.7. The highest BCUT2D eigenvalue weighted by atomic mass is 19.4. The highest BCUT2D eigenvalue weighted by molar-refractivity contribution is 5.88. The SMILES string of the molecule is C=C(C=NCC(NC(=O)OC(C)(C)C)N(C)C(=NCC)C(F)(F)F)CF. The van der Waals surface area contributed by atoms with Gasteiger partial charge in [-0.05, 0) is 33.3 Å². The molecule has 6 nitrogen and oxygen atoms in total. The van der Waals surface area contributed by atoms with Crippen molar-refractivity contribution in [3.63, 3.8) is 0 Å². The molecule has 0 aromatic heterocycles. The standard InChI is InChI=1S/C16H26F4N4O2/c1-7-22-13(16(18,19)20)24(6)12(10-21-9-11(2)8-17)23-14(25)26-15(3,4)5/h9,12H,2,7-8,10H2,1,3-6H3,(H,23,25). The topological polar surface area (TPSA) is 66.3 Å². The van der Waals surface area contributed by atoms with Crippen LogP contribution >= 0.6 is 0 Å². The number of rotatable bonds is 7. The molecule has 0 aliphatic rings. The van der Waals surface area contributed by atoms with Gasteiger partial charge in [-0.3, -0.25) is 15.3 Å². The van der Waals surface area contributed by atoms with Crippen LogP contribution in [0.2, 0.25) is 0 Å². The van der Waals surface area contributed by atoms with Gasteiger partial charge in [-0.2, -0.15) is 13.2 Å². The summed E-state index contributed by atoms with van der Waals surface area (Å²) in [7, 11) is 1.13. The first-order chi connectivity index (χ1) is 11.8. The summed E-state index contributed by atoms with van der Waals surface area (Å²) in [6.45, 7) is 8.47. The van der Waals surface area contributed by atoms with Crippen molar-refractivity contribution >= 4 is 18.1 Å². The summed E-state index contributed by atoms with van der Waals surface area (Å²) in [6, 6.07) is 0. The lowest BCUT2D eigenvalue weighted by Crippen LogP contribution is -2.55. The first kappa shape index (κ1) is 23.9. The number of alkyl halides is 4. The molecule has 0 aliphatic carbocycles. The molecule has 0 fully saturated rings. The fourth-order valence-corrected chi connectivity index (χ4v) is 1.72. The Morgan fingerprint density at radius 2 is 1.92 bits per heavy atom. The van der Waals surface area contributed by atoms with Crippen LogP contribution in [0.15, 0.2) is 22.1 Å². The van der Waals surface area contributed by atoms with E-state index in [1.165, 1.54) is 6.92 Å². The van der Waals surface area contributed by atoms with Crippen molar-refractivity contribution in [1.82, 2.24) is 10.2 Å². The van der Waals surface area contributed by atoms with Crippen molar-refractivity contribution in [2.45, 2.75) is 45.6 Å². The van der Waals surface area contributed by atoms with Crippen LogP contribution < -0.4 is 5.32 Å². The molecule has 0 radical (unpaired) electrons. The number of carbonyl (C=O) groups excluding carboxylic acids is 1. The van der Waals surface area contributed by atoms with Crippen LogP contribution in [0.5, 0.6) is 0 Å². The quantitative estimate of drug-likeness (QED) is 0.318. The van der Waals surface area contributed by atoms with Gasteiger partial charge in [0, 0.05) is 19.8 Å². The Morgan fingerprint density at radius 3 is 2.35 bits per heavy atom. The van der Waals surface area contributed by atoms with Crippen LogP contribution in [0.25, 0.3) is 0 Å². The van der Waals surface area contributed by atoms with E-state index in [4.69, 9.17) is 4.74 Å². The van der Waals surface area contributed by atoms with Crippen LogP contribution in [0.1, 0.15) is 27.7 Å². The maximum Gasteiger partial charge on any atom is 0.449 e. The van der Waals surface area contributed by atoms with Crippen molar-refractivity contribution in [1.29, 1.82) is 0 Å². The number of aliphatic imine (C=N–C) groups is 2. The summed E-state index contributed by atoms with van der Waals surface area (Å²) in [6.07, 6.45) is -5.74. The Balaban J connectivity index is 5.47. The molecule has 1 amide bonds. The molecule has 0 saturated heterocycles. The second kappa shape index (κ2) is 10.1. The minimum Gasteiger partial charge on any atom is -0.444 e. The number of amidine groups is 1. The van der Waals surface area contributed by atoms with E-state index in [0.29, 0.717) is 0 Å². The smallest absolute Gasteiger partial charge is 0.444 e. The number of alkyl carbamates (subject to hydrolysis) is 1. The lowest BCUT2D eigenvalue weighted by Gasteiger charge is -2.32. The summed E-state index contributed by atoms with van der Waals surface area (Å²) in [5.41, 5.74) is -0.773. The van der Waals surface area contributed by atoms with Crippen LogP contribution in [0.3, 0.4) is 0 Å². The van der Waals surface area contributed by atoms with E-state index in [9.17, 15) is 22.4 Å². The highest BCUT2D eigenvalue weighted by Crippen LogP contribution is 2.20. The Labute approximate surface area is 151 Å². The second-order valence-electron chi connectivity index (χ2n) is 6.35. The molecule has 1 atom stereocenters. The van der Waals surface area contributed by atoms with E-state index in [-0.39, 0.29) is 18.7 Å². The molecular weight excluding hydrogens is 356 g/mol. The van der Waals surface area contributed by atoms with Gasteiger partial charge in [-0.1, -0.05) is 6.58 Å². The number of nitrogens with zero attached hydrogens (tertiary/aromatic N) is 3. The van der Waals surface area contributed by atoms with Crippen molar-refractivity contribution in [3.05, 3.63) is 12.2 Å². The fourth-order valence-electron chi connectivity index (χ4n) is 1.72. The van der Waals surface area contributed by atoms with Gasteiger partial charge in [-0.15, -0.1) is 0 Å². The third kappa shape index (κ3) is 9.38. The lowest BCUT2D eigenvalue weighted by molar-refractivity contribution is -0.0703. The predicted octanol–water partition coefficient (Wildman–Crippen LogP) is 3.35. The van der Waals surface area contributed by atoms with E-state index >= 15 is 0 Å². The number of likely N-dealkylation sites (N-methyl/N-ethyl adjacent to an activating group) is 1. The summed E-state index contributed by atoms with van der Waals surface area (Å²) >= 11 is 0. The number of hydrogen-bond acceptors (Lipinski definition) is 4. The molecule has 0 aromatic rings. The van der Waals surface area contributed by atoms with E-state index in [1.807, 2.05) is 0 Å². The van der Waals surface area contributed by atoms with Crippen molar-refractivity contribution in [2.24, 2.45) is 9.98 Å². The molecule has 150 valence electrons. The van der Waals surface area contributed by atoms with Crippen molar-refractivity contribution in [3.8, 4) is 0 Å². The van der Waals surface area contributed by atoms with Crippen molar-refractivity contribution in [2.75, 3.05) is 26.8 Å². The zero-order valence-electron chi connectivity index (χ0n) is 15.7. The van der Waals surface area contributed by atoms with Gasteiger partial charge in [0.15, 0.2) is 0 Å². The van der Waals surface area contributed by atoms with Gasteiger partial charge in [0.2, 0.25) is 5.84 Å². The van der Waals surface area contributed by atoms with Crippen molar-refractivity contribution < 1.29 is 27.1 Å². The third-order valence-corrected chi connectivity index (χ3v) is 2.77. The van der Waals surface area contributed by atoms with Gasteiger partial charge in [0.05, 0.1) is 6.54 Å². The Bertz CT molecular complexity index is 539. The van der Waals surface area contributed by atoms with E-state index in [0.717, 1.165) is 18.2 Å². The van der Waals surface area contributed by atoms with E-state index in [2.05, 4.69) is 21.9 Å². The number of nitrogens with one attached hydrogen (secondary N) is 1. The minimum absolute atomic E-state index is 0.0574. The number of carbonyl (C=O) groups is 1. The number of hydrogen-bond donors (Lipinski definition) is 1. The van der Waals surface area contributed by atoms with Gasteiger partial charge >= 0.3 is 12.3 Å². The number of ether oxygens (including phenoxy) is 1. The molecule has 26 heavy (non-hydrogen) atoms. The first-order valence-corrected chi connectivity index (χ1v) is 7.89. The molecule has 1 N–H and O–H groups in total. The van der Waals surface area contributed by atoms with E-state index in [1.54, 1.807) is 20.8 Å². The van der Waals surface area contributed by atoms with Crippen LogP contribution in [0.4, 0.5) is 22.4 Å². The first-order valence-electron chi connectivity index (χ1n) is 7.89. The third-order valence-electron chi connectivity index (χ3n) is 2.77. The molecule has 0 bridgehead atoms. The van der Waals surface area contributed by atoms with Gasteiger partial charge < -0.3 is 9.64 Å². The molecular formula is C16H26F4N4O2. The molecule has 0 aromatic carbocycles. The summed E-state index contributed by atoms with van der Waals surface area (Å²) < 4.78 is 57.1. The van der Waals surface area contributed by atoms with Crippen LogP contribution in [-0.4, -0.2) is 67.8 Å². The minimum atomic E-state index is -4.72. The molecule has 1 unspecified atom stereocenters. The average Bonchev–Trinajstić information content (AvgIpc) is 2.47. The number of amides is 1. The predicted molar refractivity (Wildman–Crippen MR) is 93.4 cm³/mol. The number of allylic oxidation sites excluding steroid dienone is 1. The zero-order chi connectivity index (χ0) is 20.5. The van der Waals surface area contributed by atoms with Crippen LogP contribution in [-0.2, 0) is 4.74 Å². The Morgan fingerprint density at radius 1 is 1.35 bits per heavy atom. The maximum absolute atomic E-state index is 13.2. The summed E-state index contributed by atoms with van der Waals surface area (Å²) in [5, 5.41) is 2.32. The van der Waals surface area contributed by atoms with E-state index < -0.39 is 36.5 Å². The molecule has 0 saturated carbocycles. The normalized spacial score (nSPS) is 14.3. The second-order valence-corrected chi connectivity index (χ2v) is 6.35. The highest BCUT2D eigenvalue weighted by Gasteiger charge is 2.41. The molecule has 0 aliphatic heterocycles. The van der Waals surface area contributed by atoms with Gasteiger partial charge in [0.25, 0.3) is 0 Å². The van der Waals surface area contributed by atoms with Gasteiger partial charge in [0.1, 0.15) is 18.4 Å². The van der Waals surface area contributed by atoms with Gasteiger partial charge in [-0.25, -0.2) is 9.18 Å². The average molecular weight is 382 g/mol. The largest absolute Gasteiger partial charge is 0.449 e. The lowest BCUT2D eigenvalue weighted by atomic mass is 10.2. The fraction of sp³-hybridized carbons (Fsp3) is 0.688. The molecule has 10 heteroatoms.